The number of rotatable bonds is 5. The average Bonchev–Trinajstić information content (AvgIpc) is 3.31. The number of carbonyl (C=O) groups is 2. The zero-order valence-electron chi connectivity index (χ0n) is 17.3. The summed E-state index contributed by atoms with van der Waals surface area (Å²) < 4.78 is 18.3. The highest BCUT2D eigenvalue weighted by atomic mass is 35.5. The Hall–Kier alpha value is -2.81. The minimum absolute atomic E-state index is 0.141. The van der Waals surface area contributed by atoms with Crippen molar-refractivity contribution in [1.29, 1.82) is 0 Å². The number of halogens is 2. The van der Waals surface area contributed by atoms with Crippen LogP contribution in [0.4, 0.5) is 4.39 Å². The van der Waals surface area contributed by atoms with Gasteiger partial charge in [-0.1, -0.05) is 35.9 Å². The van der Waals surface area contributed by atoms with Gasteiger partial charge in [0.05, 0.1) is 7.11 Å². The van der Waals surface area contributed by atoms with Gasteiger partial charge in [0.15, 0.2) is 0 Å². The lowest BCUT2D eigenvalue weighted by Crippen LogP contribution is -2.51. The van der Waals surface area contributed by atoms with E-state index in [4.69, 9.17) is 16.3 Å². The Kier molecular flexibility index (Phi) is 6.83. The second-order valence-corrected chi connectivity index (χ2v) is 8.64. The van der Waals surface area contributed by atoms with Crippen LogP contribution in [-0.2, 0) is 9.53 Å². The maximum Gasteiger partial charge on any atom is 0.327 e. The number of amides is 1. The van der Waals surface area contributed by atoms with Gasteiger partial charge >= 0.3 is 5.97 Å². The normalized spacial score (nSPS) is 15.4. The predicted molar refractivity (Wildman–Crippen MR) is 121 cm³/mol. The molecule has 1 saturated heterocycles. The molecule has 1 amide bonds. The summed E-state index contributed by atoms with van der Waals surface area (Å²) in [5.41, 5.74) is 1.96. The van der Waals surface area contributed by atoms with Crippen molar-refractivity contribution in [1.82, 2.24) is 14.8 Å². The van der Waals surface area contributed by atoms with Crippen LogP contribution < -0.4 is 0 Å². The first-order valence-electron chi connectivity index (χ1n) is 10.0. The fourth-order valence-corrected chi connectivity index (χ4v) is 4.62. The van der Waals surface area contributed by atoms with Crippen LogP contribution in [0.3, 0.4) is 0 Å². The van der Waals surface area contributed by atoms with Gasteiger partial charge in [0.1, 0.15) is 22.6 Å². The number of carbonyl (C=O) groups excluding carboxylic acids is 2. The van der Waals surface area contributed by atoms with E-state index in [2.05, 4.69) is 4.98 Å². The maximum atomic E-state index is 13.3. The second-order valence-electron chi connectivity index (χ2n) is 7.35. The molecule has 1 aliphatic rings. The summed E-state index contributed by atoms with van der Waals surface area (Å²) in [6.45, 7) is 1.86. The zero-order chi connectivity index (χ0) is 22.7. The van der Waals surface area contributed by atoms with E-state index in [9.17, 15) is 14.0 Å². The highest BCUT2D eigenvalue weighted by molar-refractivity contribution is 7.13. The molecule has 1 aliphatic heterocycles. The molecule has 9 heteroatoms. The van der Waals surface area contributed by atoms with Crippen LogP contribution in [0.25, 0.3) is 10.6 Å². The van der Waals surface area contributed by atoms with E-state index in [0.717, 1.165) is 10.6 Å². The second kappa shape index (κ2) is 9.77. The number of aromatic nitrogens is 1. The van der Waals surface area contributed by atoms with E-state index in [-0.39, 0.29) is 11.7 Å². The highest BCUT2D eigenvalue weighted by Gasteiger charge is 2.33. The molecular formula is C23H21ClFN3O3S. The SMILES string of the molecule is COC(=O)C(c1ccc(F)cc1)N1CCN(C(=O)c2csc(-c3ccc(Cl)cc3)n2)CC1. The van der Waals surface area contributed by atoms with E-state index in [1.807, 2.05) is 17.0 Å². The molecule has 3 aromatic rings. The Labute approximate surface area is 194 Å². The van der Waals surface area contributed by atoms with Gasteiger partial charge in [-0.3, -0.25) is 9.69 Å². The molecule has 32 heavy (non-hydrogen) atoms. The van der Waals surface area contributed by atoms with E-state index in [1.165, 1.54) is 30.6 Å². The van der Waals surface area contributed by atoms with Crippen molar-refractivity contribution in [3.63, 3.8) is 0 Å². The van der Waals surface area contributed by atoms with Crippen molar-refractivity contribution < 1.29 is 18.7 Å². The lowest BCUT2D eigenvalue weighted by molar-refractivity contribution is -0.148. The number of ether oxygens (including phenoxy) is 1. The molecule has 0 aliphatic carbocycles. The molecule has 0 bridgehead atoms. The number of hydrogen-bond donors (Lipinski definition) is 0. The fourth-order valence-electron chi connectivity index (χ4n) is 3.69. The summed E-state index contributed by atoms with van der Waals surface area (Å²) in [6, 6.07) is 12.5. The molecule has 1 fully saturated rings. The lowest BCUT2D eigenvalue weighted by Gasteiger charge is -2.38. The standard InChI is InChI=1S/C23H21ClFN3O3S/c1-31-23(30)20(15-4-8-18(25)9-5-15)27-10-12-28(13-11-27)22(29)19-14-32-21(26-19)16-2-6-17(24)7-3-16/h2-9,14,20H,10-13H2,1H3. The number of benzene rings is 2. The zero-order valence-corrected chi connectivity index (χ0v) is 18.9. The molecule has 6 nitrogen and oxygen atoms in total. The van der Waals surface area contributed by atoms with Crippen molar-refractivity contribution in [2.45, 2.75) is 6.04 Å². The van der Waals surface area contributed by atoms with E-state index >= 15 is 0 Å². The van der Waals surface area contributed by atoms with E-state index in [1.54, 1.807) is 34.5 Å². The predicted octanol–water partition coefficient (Wildman–Crippen LogP) is 4.27. The van der Waals surface area contributed by atoms with Gasteiger partial charge in [0.2, 0.25) is 0 Å². The summed E-state index contributed by atoms with van der Waals surface area (Å²) >= 11 is 7.35. The smallest absolute Gasteiger partial charge is 0.327 e. The number of piperazine rings is 1. The van der Waals surface area contributed by atoms with Crippen LogP contribution in [0, 0.1) is 5.82 Å². The molecule has 166 valence electrons. The van der Waals surface area contributed by atoms with Crippen molar-refractivity contribution in [3.05, 3.63) is 76.0 Å². The fraction of sp³-hybridized carbons (Fsp3) is 0.261. The quantitative estimate of drug-likeness (QED) is 0.518. The van der Waals surface area contributed by atoms with Gasteiger partial charge in [0.25, 0.3) is 5.91 Å². The van der Waals surface area contributed by atoms with Gasteiger partial charge in [-0.25, -0.2) is 14.2 Å². The van der Waals surface area contributed by atoms with Crippen LogP contribution in [0.1, 0.15) is 22.1 Å². The molecule has 0 spiro atoms. The van der Waals surface area contributed by atoms with Gasteiger partial charge in [-0.2, -0.15) is 0 Å². The number of esters is 1. The topological polar surface area (TPSA) is 62.7 Å². The molecule has 2 heterocycles. The molecular weight excluding hydrogens is 453 g/mol. The molecule has 1 unspecified atom stereocenters. The number of thiazole rings is 1. The highest BCUT2D eigenvalue weighted by Crippen LogP contribution is 2.27. The van der Waals surface area contributed by atoms with Crippen molar-refractivity contribution in [2.24, 2.45) is 0 Å². The van der Waals surface area contributed by atoms with E-state index < -0.39 is 12.0 Å². The molecule has 0 radical (unpaired) electrons. The maximum absolute atomic E-state index is 13.3. The Bertz CT molecular complexity index is 1100. The summed E-state index contributed by atoms with van der Waals surface area (Å²) in [7, 11) is 1.33. The first-order chi connectivity index (χ1) is 15.5. The molecule has 1 aromatic heterocycles. The molecule has 0 N–H and O–H groups in total. The van der Waals surface area contributed by atoms with E-state index in [0.29, 0.717) is 42.5 Å². The van der Waals surface area contributed by atoms with Crippen molar-refractivity contribution >= 4 is 34.8 Å². The first-order valence-corrected chi connectivity index (χ1v) is 11.3. The van der Waals surface area contributed by atoms with Crippen LogP contribution in [-0.4, -0.2) is 59.9 Å². The Balaban J connectivity index is 1.43. The number of hydrogen-bond acceptors (Lipinski definition) is 6. The Morgan fingerprint density at radius 1 is 1.06 bits per heavy atom. The minimum Gasteiger partial charge on any atom is -0.468 e. The van der Waals surface area contributed by atoms with Gasteiger partial charge in [-0.05, 0) is 29.8 Å². The summed E-state index contributed by atoms with van der Waals surface area (Å²) in [5.74, 6) is -0.921. The van der Waals surface area contributed by atoms with Crippen LogP contribution >= 0.6 is 22.9 Å². The summed E-state index contributed by atoms with van der Waals surface area (Å²) in [6.07, 6.45) is 0. The number of methoxy groups -OCH3 is 1. The third kappa shape index (κ3) is 4.82. The summed E-state index contributed by atoms with van der Waals surface area (Å²) in [5, 5.41) is 3.16. The van der Waals surface area contributed by atoms with Crippen molar-refractivity contribution in [2.75, 3.05) is 33.3 Å². The van der Waals surface area contributed by atoms with Crippen LogP contribution in [0.2, 0.25) is 5.02 Å². The third-order valence-corrected chi connectivity index (χ3v) is 6.53. The van der Waals surface area contributed by atoms with Gasteiger partial charge < -0.3 is 9.64 Å². The van der Waals surface area contributed by atoms with Gasteiger partial charge in [0, 0.05) is 42.1 Å². The van der Waals surface area contributed by atoms with Crippen LogP contribution in [0.5, 0.6) is 0 Å². The van der Waals surface area contributed by atoms with Crippen LogP contribution in [0.15, 0.2) is 53.9 Å². The molecule has 1 atom stereocenters. The average molecular weight is 474 g/mol. The lowest BCUT2D eigenvalue weighted by atomic mass is 10.0. The van der Waals surface area contributed by atoms with Crippen molar-refractivity contribution in [3.8, 4) is 10.6 Å². The number of nitrogens with zero attached hydrogens (tertiary/aromatic N) is 3. The Morgan fingerprint density at radius 2 is 1.72 bits per heavy atom. The largest absolute Gasteiger partial charge is 0.468 e. The first kappa shape index (κ1) is 22.4. The minimum atomic E-state index is -0.645. The molecule has 0 saturated carbocycles. The monoisotopic (exact) mass is 473 g/mol. The van der Waals surface area contributed by atoms with Gasteiger partial charge in [-0.15, -0.1) is 11.3 Å². The molecule has 2 aromatic carbocycles. The third-order valence-electron chi connectivity index (χ3n) is 5.39. The Morgan fingerprint density at radius 3 is 2.34 bits per heavy atom. The summed E-state index contributed by atoms with van der Waals surface area (Å²) in [4.78, 5) is 33.6. The molecule has 4 rings (SSSR count).